The van der Waals surface area contributed by atoms with Crippen LogP contribution in [-0.4, -0.2) is 22.2 Å². The number of benzene rings is 1. The van der Waals surface area contributed by atoms with Crippen molar-refractivity contribution in [1.82, 2.24) is 0 Å². The molecule has 1 aromatic rings. The summed E-state index contributed by atoms with van der Waals surface area (Å²) < 4.78 is 13.6. The van der Waals surface area contributed by atoms with E-state index in [1.165, 1.54) is 18.2 Å². The minimum atomic E-state index is -0.615. The molecule has 1 aliphatic carbocycles. The van der Waals surface area contributed by atoms with Gasteiger partial charge in [-0.05, 0) is 31.7 Å². The van der Waals surface area contributed by atoms with E-state index in [-0.39, 0.29) is 23.5 Å². The van der Waals surface area contributed by atoms with Crippen LogP contribution in [0.4, 0.5) is 15.8 Å². The maximum atomic E-state index is 13.6. The number of hydrogen-bond donors (Lipinski definition) is 2. The van der Waals surface area contributed by atoms with Gasteiger partial charge in [-0.2, -0.15) is 0 Å². The van der Waals surface area contributed by atoms with Gasteiger partial charge >= 0.3 is 0 Å². The number of para-hydroxylation sites is 1. The van der Waals surface area contributed by atoms with E-state index in [9.17, 15) is 19.6 Å². The van der Waals surface area contributed by atoms with Gasteiger partial charge in [-0.3, -0.25) is 10.1 Å². The molecule has 0 heterocycles. The lowest BCUT2D eigenvalue weighted by atomic mass is 9.93. The minimum absolute atomic E-state index is 0.0241. The first kappa shape index (κ1) is 12.8. The summed E-state index contributed by atoms with van der Waals surface area (Å²) in [5.41, 5.74) is -0.301. The van der Waals surface area contributed by atoms with Crippen LogP contribution in [0.15, 0.2) is 18.2 Å². The van der Waals surface area contributed by atoms with Gasteiger partial charge in [0, 0.05) is 12.1 Å². The van der Waals surface area contributed by atoms with Gasteiger partial charge in [-0.15, -0.1) is 0 Å². The second-order valence-corrected chi connectivity index (χ2v) is 4.54. The van der Waals surface area contributed by atoms with Gasteiger partial charge in [0.25, 0.3) is 5.69 Å². The van der Waals surface area contributed by atoms with E-state index in [2.05, 4.69) is 5.32 Å². The number of nitrogens with one attached hydrogen (secondary N) is 1. The second-order valence-electron chi connectivity index (χ2n) is 4.54. The largest absolute Gasteiger partial charge is 0.393 e. The molecular weight excluding hydrogens is 239 g/mol. The number of halogens is 1. The molecule has 1 aromatic carbocycles. The molecular formula is C12H15FN2O3. The Hall–Kier alpha value is -1.69. The van der Waals surface area contributed by atoms with Crippen molar-refractivity contribution >= 4 is 11.4 Å². The van der Waals surface area contributed by atoms with Gasteiger partial charge in [0.05, 0.1) is 11.0 Å². The highest BCUT2D eigenvalue weighted by Crippen LogP contribution is 2.30. The Bertz CT molecular complexity index is 445. The van der Waals surface area contributed by atoms with Crippen molar-refractivity contribution in [3.63, 3.8) is 0 Å². The number of hydrogen-bond acceptors (Lipinski definition) is 4. The van der Waals surface area contributed by atoms with Crippen molar-refractivity contribution in [1.29, 1.82) is 0 Å². The number of aliphatic hydroxyl groups excluding tert-OH is 1. The molecule has 98 valence electrons. The van der Waals surface area contributed by atoms with Crippen LogP contribution in [0.2, 0.25) is 0 Å². The zero-order valence-corrected chi connectivity index (χ0v) is 9.80. The Labute approximate surface area is 104 Å². The first-order valence-corrected chi connectivity index (χ1v) is 5.95. The van der Waals surface area contributed by atoms with E-state index in [0.717, 1.165) is 0 Å². The van der Waals surface area contributed by atoms with Crippen LogP contribution in [0.5, 0.6) is 0 Å². The molecule has 0 bridgehead atoms. The molecule has 0 radical (unpaired) electrons. The molecule has 0 atom stereocenters. The molecule has 0 spiro atoms. The van der Waals surface area contributed by atoms with Gasteiger partial charge in [-0.1, -0.05) is 6.07 Å². The van der Waals surface area contributed by atoms with Crippen LogP contribution < -0.4 is 5.32 Å². The van der Waals surface area contributed by atoms with E-state index >= 15 is 0 Å². The normalized spacial score (nSPS) is 23.7. The molecule has 18 heavy (non-hydrogen) atoms. The van der Waals surface area contributed by atoms with E-state index in [1.807, 2.05) is 0 Å². The quantitative estimate of drug-likeness (QED) is 0.641. The fourth-order valence-corrected chi connectivity index (χ4v) is 2.23. The van der Waals surface area contributed by atoms with E-state index in [4.69, 9.17) is 0 Å². The van der Waals surface area contributed by atoms with Crippen LogP contribution >= 0.6 is 0 Å². The molecule has 1 fully saturated rings. The third-order valence-electron chi connectivity index (χ3n) is 3.23. The number of nitro benzene ring substituents is 1. The Morgan fingerprint density at radius 3 is 2.61 bits per heavy atom. The summed E-state index contributed by atoms with van der Waals surface area (Å²) >= 11 is 0. The Morgan fingerprint density at radius 2 is 2.00 bits per heavy atom. The van der Waals surface area contributed by atoms with Crippen LogP contribution in [-0.2, 0) is 0 Å². The average molecular weight is 254 g/mol. The molecule has 1 aliphatic rings. The molecule has 2 N–H and O–H groups in total. The Kier molecular flexibility index (Phi) is 3.76. The summed E-state index contributed by atoms with van der Waals surface area (Å²) in [6, 6.07) is 3.78. The lowest BCUT2D eigenvalue weighted by molar-refractivity contribution is -0.384. The predicted molar refractivity (Wildman–Crippen MR) is 64.9 cm³/mol. The van der Waals surface area contributed by atoms with Gasteiger partial charge in [0.2, 0.25) is 0 Å². The van der Waals surface area contributed by atoms with Crippen molar-refractivity contribution < 1.29 is 14.4 Å². The minimum Gasteiger partial charge on any atom is -0.393 e. The molecule has 1 saturated carbocycles. The van der Waals surface area contributed by atoms with Gasteiger partial charge < -0.3 is 10.4 Å². The van der Waals surface area contributed by atoms with Crippen molar-refractivity contribution in [2.75, 3.05) is 5.32 Å². The highest BCUT2D eigenvalue weighted by atomic mass is 19.1. The van der Waals surface area contributed by atoms with Crippen molar-refractivity contribution in [3.05, 3.63) is 34.1 Å². The Balaban J connectivity index is 2.15. The third-order valence-corrected chi connectivity index (χ3v) is 3.23. The van der Waals surface area contributed by atoms with E-state index < -0.39 is 10.7 Å². The molecule has 0 unspecified atom stereocenters. The topological polar surface area (TPSA) is 75.4 Å². The molecule has 0 aliphatic heterocycles. The number of rotatable bonds is 3. The lowest BCUT2D eigenvalue weighted by Crippen LogP contribution is -2.28. The third kappa shape index (κ3) is 2.76. The van der Waals surface area contributed by atoms with Gasteiger partial charge in [0.15, 0.2) is 5.82 Å². The summed E-state index contributed by atoms with van der Waals surface area (Å²) in [5, 5.41) is 23.1. The van der Waals surface area contributed by atoms with Crippen LogP contribution in [0.3, 0.4) is 0 Å². The maximum absolute atomic E-state index is 13.6. The van der Waals surface area contributed by atoms with Crippen molar-refractivity contribution in [2.45, 2.75) is 37.8 Å². The molecule has 0 aromatic heterocycles. The van der Waals surface area contributed by atoms with Crippen molar-refractivity contribution in [3.8, 4) is 0 Å². The summed E-state index contributed by atoms with van der Waals surface area (Å²) in [6.07, 6.45) is 2.35. The van der Waals surface area contributed by atoms with Gasteiger partial charge in [0.1, 0.15) is 5.69 Å². The highest BCUT2D eigenvalue weighted by Gasteiger charge is 2.24. The monoisotopic (exact) mass is 254 g/mol. The van der Waals surface area contributed by atoms with Crippen LogP contribution in [0, 0.1) is 15.9 Å². The summed E-state index contributed by atoms with van der Waals surface area (Å²) in [5.74, 6) is -0.615. The number of aliphatic hydroxyl groups is 1. The number of anilines is 1. The molecule has 2 rings (SSSR count). The van der Waals surface area contributed by atoms with Crippen molar-refractivity contribution in [2.24, 2.45) is 0 Å². The molecule has 5 nitrogen and oxygen atoms in total. The second kappa shape index (κ2) is 5.30. The average Bonchev–Trinajstić information content (AvgIpc) is 2.34. The summed E-state index contributed by atoms with van der Waals surface area (Å²) in [6.45, 7) is 0. The highest BCUT2D eigenvalue weighted by molar-refractivity contribution is 5.62. The first-order valence-electron chi connectivity index (χ1n) is 5.95. The number of nitrogens with zero attached hydrogens (tertiary/aromatic N) is 1. The van der Waals surface area contributed by atoms with Gasteiger partial charge in [-0.25, -0.2) is 4.39 Å². The smallest absolute Gasteiger partial charge is 0.295 e. The molecule has 6 heteroatoms. The fourth-order valence-electron chi connectivity index (χ4n) is 2.23. The standard InChI is InChI=1S/C12H15FN2O3/c13-10-2-1-3-11(15(17)18)12(10)14-8-4-6-9(16)7-5-8/h1-3,8-9,14,16H,4-7H2. The van der Waals surface area contributed by atoms with E-state index in [1.54, 1.807) is 0 Å². The Morgan fingerprint density at radius 1 is 1.33 bits per heavy atom. The SMILES string of the molecule is O=[N+]([O-])c1cccc(F)c1NC1CCC(O)CC1. The van der Waals surface area contributed by atoms with E-state index in [0.29, 0.717) is 25.7 Å². The van der Waals surface area contributed by atoms with Crippen LogP contribution in [0.1, 0.15) is 25.7 Å². The number of nitro groups is 1. The zero-order valence-electron chi connectivity index (χ0n) is 9.80. The maximum Gasteiger partial charge on any atom is 0.295 e. The molecule has 0 amide bonds. The summed E-state index contributed by atoms with van der Waals surface area (Å²) in [7, 11) is 0. The fraction of sp³-hybridized carbons (Fsp3) is 0.500. The lowest BCUT2D eigenvalue weighted by Gasteiger charge is -2.26. The summed E-state index contributed by atoms with van der Waals surface area (Å²) in [4.78, 5) is 10.2. The van der Waals surface area contributed by atoms with Crippen LogP contribution in [0.25, 0.3) is 0 Å². The molecule has 0 saturated heterocycles. The zero-order chi connectivity index (χ0) is 13.1. The first-order chi connectivity index (χ1) is 8.58. The predicted octanol–water partition coefficient (Wildman–Crippen LogP) is 2.45.